The summed E-state index contributed by atoms with van der Waals surface area (Å²) in [5.41, 5.74) is 1.89. The standard InChI is InChI=1S/C15H17F3N2O/c1-2-3-10-6-11-12(14(7-10)21-15(16,17)18)9-20-5-4-19-8-13(11)20/h4-8,12-14H,2-3,9H2,1H3. The molecule has 3 atom stereocenters. The van der Waals surface area contributed by atoms with E-state index in [0.717, 1.165) is 24.0 Å². The number of rotatable bonds is 3. The van der Waals surface area contributed by atoms with Gasteiger partial charge in [-0.1, -0.05) is 25.5 Å². The van der Waals surface area contributed by atoms with Gasteiger partial charge in [0, 0.05) is 31.1 Å². The Morgan fingerprint density at radius 1 is 1.43 bits per heavy atom. The van der Waals surface area contributed by atoms with Crippen LogP contribution in [0.1, 0.15) is 19.8 Å². The fourth-order valence-corrected chi connectivity index (χ4v) is 3.23. The minimum atomic E-state index is -4.62. The largest absolute Gasteiger partial charge is 0.523 e. The second-order valence-corrected chi connectivity index (χ2v) is 5.51. The summed E-state index contributed by atoms with van der Waals surface area (Å²) in [5.74, 6) is -0.272. The number of allylic oxidation sites excluding steroid dienone is 2. The van der Waals surface area contributed by atoms with Gasteiger partial charge >= 0.3 is 6.36 Å². The van der Waals surface area contributed by atoms with Gasteiger partial charge < -0.3 is 4.90 Å². The topological polar surface area (TPSA) is 24.8 Å². The molecule has 0 aromatic carbocycles. The molecule has 0 aromatic rings. The van der Waals surface area contributed by atoms with Gasteiger partial charge in [-0.3, -0.25) is 9.73 Å². The van der Waals surface area contributed by atoms with Crippen LogP contribution in [0.5, 0.6) is 0 Å². The Hall–Kier alpha value is -1.56. The van der Waals surface area contributed by atoms with E-state index >= 15 is 0 Å². The first kappa shape index (κ1) is 14.4. The van der Waals surface area contributed by atoms with Crippen LogP contribution >= 0.6 is 0 Å². The van der Waals surface area contributed by atoms with Crippen LogP contribution in [0, 0.1) is 5.92 Å². The highest BCUT2D eigenvalue weighted by atomic mass is 19.4. The molecule has 1 aliphatic carbocycles. The summed E-state index contributed by atoms with van der Waals surface area (Å²) in [6.07, 6.45) is 5.01. The van der Waals surface area contributed by atoms with E-state index in [-0.39, 0.29) is 12.0 Å². The van der Waals surface area contributed by atoms with Gasteiger partial charge in [-0.15, -0.1) is 13.2 Å². The quantitative estimate of drug-likeness (QED) is 0.797. The first-order chi connectivity index (χ1) is 9.98. The molecule has 0 N–H and O–H groups in total. The first-order valence-corrected chi connectivity index (χ1v) is 7.10. The first-order valence-electron chi connectivity index (χ1n) is 7.10. The van der Waals surface area contributed by atoms with Crippen molar-refractivity contribution in [3.05, 3.63) is 35.7 Å². The molecule has 21 heavy (non-hydrogen) atoms. The smallest absolute Gasteiger partial charge is 0.364 e. The Morgan fingerprint density at radius 3 is 2.95 bits per heavy atom. The summed E-state index contributed by atoms with van der Waals surface area (Å²) in [6.45, 7) is 2.53. The van der Waals surface area contributed by atoms with Crippen molar-refractivity contribution >= 4 is 6.21 Å². The normalized spacial score (nSPS) is 30.9. The van der Waals surface area contributed by atoms with Crippen molar-refractivity contribution in [2.24, 2.45) is 10.9 Å². The molecular formula is C15H17F3N2O. The average Bonchev–Trinajstić information content (AvgIpc) is 2.77. The Labute approximate surface area is 121 Å². The van der Waals surface area contributed by atoms with Gasteiger partial charge in [0.2, 0.25) is 0 Å². The van der Waals surface area contributed by atoms with Gasteiger partial charge in [0.15, 0.2) is 0 Å². The molecule has 0 amide bonds. The molecule has 2 aliphatic heterocycles. The zero-order valence-corrected chi connectivity index (χ0v) is 11.7. The molecule has 0 radical (unpaired) electrons. The number of alkyl halides is 3. The minimum Gasteiger partial charge on any atom is -0.364 e. The molecule has 0 bridgehead atoms. The molecule has 1 fully saturated rings. The second-order valence-electron chi connectivity index (χ2n) is 5.51. The lowest BCUT2D eigenvalue weighted by Crippen LogP contribution is -2.33. The van der Waals surface area contributed by atoms with E-state index < -0.39 is 12.5 Å². The summed E-state index contributed by atoms with van der Waals surface area (Å²) in [5, 5.41) is 0. The number of halogens is 3. The van der Waals surface area contributed by atoms with Crippen molar-refractivity contribution in [2.75, 3.05) is 6.54 Å². The summed E-state index contributed by atoms with van der Waals surface area (Å²) < 4.78 is 42.3. The molecule has 0 saturated carbocycles. The molecule has 3 rings (SSSR count). The average molecular weight is 298 g/mol. The lowest BCUT2D eigenvalue weighted by atomic mass is 9.85. The number of ether oxygens (including phenoxy) is 1. The molecule has 1 saturated heterocycles. The Balaban J connectivity index is 1.90. The van der Waals surface area contributed by atoms with Crippen LogP contribution in [0.3, 0.4) is 0 Å². The van der Waals surface area contributed by atoms with E-state index in [4.69, 9.17) is 0 Å². The molecule has 114 valence electrons. The van der Waals surface area contributed by atoms with Crippen LogP contribution in [0.25, 0.3) is 0 Å². The summed E-state index contributed by atoms with van der Waals surface area (Å²) >= 11 is 0. The van der Waals surface area contributed by atoms with Crippen LogP contribution in [-0.2, 0) is 4.74 Å². The Kier molecular flexibility index (Phi) is 3.65. The lowest BCUT2D eigenvalue weighted by Gasteiger charge is -2.27. The maximum absolute atomic E-state index is 12.7. The third-order valence-corrected chi connectivity index (χ3v) is 4.04. The molecule has 0 spiro atoms. The molecule has 0 aromatic heterocycles. The lowest BCUT2D eigenvalue weighted by molar-refractivity contribution is -0.340. The van der Waals surface area contributed by atoms with Crippen molar-refractivity contribution in [3.8, 4) is 0 Å². The van der Waals surface area contributed by atoms with Gasteiger partial charge in [0.25, 0.3) is 0 Å². The fourth-order valence-electron chi connectivity index (χ4n) is 3.23. The van der Waals surface area contributed by atoms with E-state index in [1.165, 1.54) is 0 Å². The van der Waals surface area contributed by atoms with Gasteiger partial charge in [0.05, 0.1) is 12.1 Å². The van der Waals surface area contributed by atoms with Crippen molar-refractivity contribution in [2.45, 2.75) is 38.3 Å². The third kappa shape index (κ3) is 2.90. The SMILES string of the molecule is CCCC1=CC(OC(F)(F)F)C2CN3C=CN=CC3C2=C1. The fraction of sp³-hybridized carbons (Fsp3) is 0.533. The zero-order chi connectivity index (χ0) is 15.0. The number of fused-ring (bicyclic) bond motifs is 3. The van der Waals surface area contributed by atoms with Gasteiger partial charge in [-0.2, -0.15) is 0 Å². The highest BCUT2D eigenvalue weighted by Gasteiger charge is 2.45. The van der Waals surface area contributed by atoms with E-state index in [2.05, 4.69) is 9.73 Å². The van der Waals surface area contributed by atoms with Gasteiger partial charge in [-0.05, 0) is 17.6 Å². The van der Waals surface area contributed by atoms with E-state index in [0.29, 0.717) is 6.54 Å². The molecule has 3 nitrogen and oxygen atoms in total. The van der Waals surface area contributed by atoms with Gasteiger partial charge in [-0.25, -0.2) is 0 Å². The van der Waals surface area contributed by atoms with Crippen molar-refractivity contribution in [1.82, 2.24) is 4.90 Å². The number of nitrogens with zero attached hydrogens (tertiary/aromatic N) is 2. The second kappa shape index (κ2) is 5.33. The van der Waals surface area contributed by atoms with Crippen LogP contribution < -0.4 is 0 Å². The summed E-state index contributed by atoms with van der Waals surface area (Å²) in [4.78, 5) is 6.12. The summed E-state index contributed by atoms with van der Waals surface area (Å²) in [6, 6.07) is -0.0418. The number of hydrogen-bond donors (Lipinski definition) is 0. The predicted molar refractivity (Wildman–Crippen MR) is 73.6 cm³/mol. The van der Waals surface area contributed by atoms with Crippen molar-refractivity contribution < 1.29 is 17.9 Å². The van der Waals surface area contributed by atoms with Crippen LogP contribution in [0.4, 0.5) is 13.2 Å². The monoisotopic (exact) mass is 298 g/mol. The van der Waals surface area contributed by atoms with Crippen molar-refractivity contribution in [3.63, 3.8) is 0 Å². The maximum Gasteiger partial charge on any atom is 0.523 e. The van der Waals surface area contributed by atoms with Gasteiger partial charge in [0.1, 0.15) is 0 Å². The maximum atomic E-state index is 12.7. The Morgan fingerprint density at radius 2 is 2.24 bits per heavy atom. The highest BCUT2D eigenvalue weighted by Crippen LogP contribution is 2.40. The van der Waals surface area contributed by atoms with Crippen LogP contribution in [0.2, 0.25) is 0 Å². The zero-order valence-electron chi connectivity index (χ0n) is 11.7. The summed E-state index contributed by atoms with van der Waals surface area (Å²) in [7, 11) is 0. The Bertz CT molecular complexity index is 534. The third-order valence-electron chi connectivity index (χ3n) is 4.04. The van der Waals surface area contributed by atoms with Crippen molar-refractivity contribution in [1.29, 1.82) is 0 Å². The van der Waals surface area contributed by atoms with Crippen LogP contribution in [0.15, 0.2) is 40.7 Å². The van der Waals surface area contributed by atoms with E-state index in [1.54, 1.807) is 18.5 Å². The molecule has 2 heterocycles. The predicted octanol–water partition coefficient (Wildman–Crippen LogP) is 3.41. The number of hydrogen-bond acceptors (Lipinski definition) is 3. The van der Waals surface area contributed by atoms with E-state index in [1.807, 2.05) is 24.1 Å². The highest BCUT2D eigenvalue weighted by molar-refractivity contribution is 5.73. The molecular weight excluding hydrogens is 281 g/mol. The minimum absolute atomic E-state index is 0.0418. The van der Waals surface area contributed by atoms with Crippen LogP contribution in [-0.4, -0.2) is 36.2 Å². The molecule has 3 unspecified atom stereocenters. The number of aliphatic imine (C=N–C) groups is 1. The molecule has 6 heteroatoms. The molecule has 3 aliphatic rings. The van der Waals surface area contributed by atoms with E-state index in [9.17, 15) is 13.2 Å².